The Morgan fingerprint density at radius 3 is 2.47 bits per heavy atom. The molecule has 0 heterocycles. The van der Waals surface area contributed by atoms with Crippen LogP contribution in [0.2, 0.25) is 0 Å². The number of phenols is 1. The van der Waals surface area contributed by atoms with Crippen LogP contribution in [0.15, 0.2) is 42.5 Å². The first-order valence-corrected chi connectivity index (χ1v) is 6.81. The molecule has 0 atom stereocenters. The summed E-state index contributed by atoms with van der Waals surface area (Å²) in [6.07, 6.45) is 2.29. The number of para-hydroxylation sites is 1. The third kappa shape index (κ3) is 3.50. The highest BCUT2D eigenvalue weighted by atomic mass is 16.3. The van der Waals surface area contributed by atoms with Crippen LogP contribution in [-0.4, -0.2) is 5.11 Å². The van der Waals surface area contributed by atoms with Crippen molar-refractivity contribution >= 4 is 5.69 Å². The van der Waals surface area contributed by atoms with Gasteiger partial charge in [-0.1, -0.05) is 43.7 Å². The van der Waals surface area contributed by atoms with E-state index in [2.05, 4.69) is 36.5 Å². The topological polar surface area (TPSA) is 32.3 Å². The Labute approximate surface area is 115 Å². The summed E-state index contributed by atoms with van der Waals surface area (Å²) in [4.78, 5) is 0. The van der Waals surface area contributed by atoms with Gasteiger partial charge in [0.05, 0.1) is 0 Å². The van der Waals surface area contributed by atoms with Crippen LogP contribution in [0.1, 0.15) is 30.0 Å². The van der Waals surface area contributed by atoms with E-state index in [4.69, 9.17) is 0 Å². The van der Waals surface area contributed by atoms with E-state index in [1.54, 1.807) is 0 Å². The van der Waals surface area contributed by atoms with Crippen molar-refractivity contribution in [1.29, 1.82) is 0 Å². The van der Waals surface area contributed by atoms with Crippen molar-refractivity contribution in [3.63, 3.8) is 0 Å². The van der Waals surface area contributed by atoms with Crippen molar-refractivity contribution in [2.45, 2.75) is 33.2 Å². The summed E-state index contributed by atoms with van der Waals surface area (Å²) in [5, 5.41) is 13.3. The van der Waals surface area contributed by atoms with Gasteiger partial charge in [0, 0.05) is 17.8 Å². The molecule has 0 aliphatic carbocycles. The van der Waals surface area contributed by atoms with Gasteiger partial charge < -0.3 is 10.4 Å². The monoisotopic (exact) mass is 255 g/mol. The molecule has 0 bridgehead atoms. The molecule has 2 nitrogen and oxygen atoms in total. The van der Waals surface area contributed by atoms with Gasteiger partial charge in [-0.2, -0.15) is 0 Å². The summed E-state index contributed by atoms with van der Waals surface area (Å²) >= 11 is 0. The Balaban J connectivity index is 2.00. The zero-order chi connectivity index (χ0) is 13.7. The van der Waals surface area contributed by atoms with Crippen LogP contribution in [-0.2, 0) is 13.0 Å². The number of anilines is 1. The Morgan fingerprint density at radius 2 is 1.79 bits per heavy atom. The maximum absolute atomic E-state index is 9.95. The molecule has 2 heteroatoms. The fraction of sp³-hybridized carbons (Fsp3) is 0.294. The fourth-order valence-corrected chi connectivity index (χ4v) is 2.14. The highest BCUT2D eigenvalue weighted by Crippen LogP contribution is 2.22. The Hall–Kier alpha value is -1.96. The molecule has 0 saturated carbocycles. The SMILES string of the molecule is CCCc1ccc(NCc2cccc(C)c2O)cc1. The molecular weight excluding hydrogens is 234 g/mol. The third-order valence-corrected chi connectivity index (χ3v) is 3.30. The van der Waals surface area contributed by atoms with Gasteiger partial charge in [0.2, 0.25) is 0 Å². The molecule has 0 saturated heterocycles. The lowest BCUT2D eigenvalue weighted by Gasteiger charge is -2.10. The van der Waals surface area contributed by atoms with E-state index in [0.717, 1.165) is 23.2 Å². The largest absolute Gasteiger partial charge is 0.507 e. The molecule has 0 radical (unpaired) electrons. The number of rotatable bonds is 5. The summed E-state index contributed by atoms with van der Waals surface area (Å²) in [5.41, 5.74) is 4.29. The molecular formula is C17H21NO. The molecule has 2 N–H and O–H groups in total. The first kappa shape index (κ1) is 13.5. The molecule has 0 spiro atoms. The summed E-state index contributed by atoms with van der Waals surface area (Å²) < 4.78 is 0. The van der Waals surface area contributed by atoms with Crippen LogP contribution in [0.4, 0.5) is 5.69 Å². The number of benzene rings is 2. The predicted molar refractivity (Wildman–Crippen MR) is 80.6 cm³/mol. The van der Waals surface area contributed by atoms with Crippen LogP contribution < -0.4 is 5.32 Å². The highest BCUT2D eigenvalue weighted by molar-refractivity contribution is 5.47. The van der Waals surface area contributed by atoms with E-state index in [1.165, 1.54) is 12.0 Å². The molecule has 0 aliphatic heterocycles. The minimum Gasteiger partial charge on any atom is -0.507 e. The molecule has 0 aromatic heterocycles. The van der Waals surface area contributed by atoms with Gasteiger partial charge in [0.25, 0.3) is 0 Å². The van der Waals surface area contributed by atoms with Gasteiger partial charge in [0.15, 0.2) is 0 Å². The maximum Gasteiger partial charge on any atom is 0.123 e. The molecule has 0 amide bonds. The van der Waals surface area contributed by atoms with Crippen LogP contribution in [0.5, 0.6) is 5.75 Å². The predicted octanol–water partition coefficient (Wildman–Crippen LogP) is 4.27. The molecule has 0 fully saturated rings. The number of hydrogen-bond donors (Lipinski definition) is 2. The van der Waals surface area contributed by atoms with Gasteiger partial charge in [-0.25, -0.2) is 0 Å². The second-order valence-electron chi connectivity index (χ2n) is 4.88. The Bertz CT molecular complexity index is 531. The van der Waals surface area contributed by atoms with Crippen molar-refractivity contribution in [3.05, 3.63) is 59.2 Å². The Kier molecular flexibility index (Phi) is 4.45. The zero-order valence-electron chi connectivity index (χ0n) is 11.6. The van der Waals surface area contributed by atoms with E-state index < -0.39 is 0 Å². The second-order valence-corrected chi connectivity index (χ2v) is 4.88. The van der Waals surface area contributed by atoms with Crippen LogP contribution in [0.25, 0.3) is 0 Å². The number of nitrogens with one attached hydrogen (secondary N) is 1. The van der Waals surface area contributed by atoms with Crippen LogP contribution in [0, 0.1) is 6.92 Å². The average molecular weight is 255 g/mol. The van der Waals surface area contributed by atoms with E-state index in [9.17, 15) is 5.11 Å². The molecule has 100 valence electrons. The maximum atomic E-state index is 9.95. The highest BCUT2D eigenvalue weighted by Gasteiger charge is 2.03. The van der Waals surface area contributed by atoms with Crippen molar-refractivity contribution in [2.24, 2.45) is 0 Å². The quantitative estimate of drug-likeness (QED) is 0.836. The number of aryl methyl sites for hydroxylation is 2. The second kappa shape index (κ2) is 6.28. The van der Waals surface area contributed by atoms with Gasteiger partial charge in [0.1, 0.15) is 5.75 Å². The summed E-state index contributed by atoms with van der Waals surface area (Å²) in [5.74, 6) is 0.387. The molecule has 2 aromatic carbocycles. The number of aromatic hydroxyl groups is 1. The van der Waals surface area contributed by atoms with Gasteiger partial charge >= 0.3 is 0 Å². The lowest BCUT2D eigenvalue weighted by Crippen LogP contribution is -2.00. The average Bonchev–Trinajstić information content (AvgIpc) is 2.42. The Morgan fingerprint density at radius 1 is 1.05 bits per heavy atom. The van der Waals surface area contributed by atoms with E-state index in [1.807, 2.05) is 25.1 Å². The van der Waals surface area contributed by atoms with Crippen molar-refractivity contribution < 1.29 is 5.11 Å². The summed E-state index contributed by atoms with van der Waals surface area (Å²) in [6.45, 7) is 4.74. The number of phenolic OH excluding ortho intramolecular Hbond substituents is 1. The van der Waals surface area contributed by atoms with Crippen LogP contribution in [0.3, 0.4) is 0 Å². The minimum atomic E-state index is 0.387. The summed E-state index contributed by atoms with van der Waals surface area (Å²) in [7, 11) is 0. The van der Waals surface area contributed by atoms with E-state index in [0.29, 0.717) is 12.3 Å². The summed E-state index contributed by atoms with van der Waals surface area (Å²) in [6, 6.07) is 14.3. The fourth-order valence-electron chi connectivity index (χ4n) is 2.14. The number of hydrogen-bond acceptors (Lipinski definition) is 2. The minimum absolute atomic E-state index is 0.387. The molecule has 2 aromatic rings. The first-order chi connectivity index (χ1) is 9.20. The van der Waals surface area contributed by atoms with Gasteiger partial charge in [-0.15, -0.1) is 0 Å². The van der Waals surface area contributed by atoms with Gasteiger partial charge in [-0.3, -0.25) is 0 Å². The lowest BCUT2D eigenvalue weighted by atomic mass is 10.1. The van der Waals surface area contributed by atoms with Crippen LogP contribution >= 0.6 is 0 Å². The van der Waals surface area contributed by atoms with Crippen molar-refractivity contribution in [1.82, 2.24) is 0 Å². The molecule has 2 rings (SSSR count). The van der Waals surface area contributed by atoms with Crippen molar-refractivity contribution in [2.75, 3.05) is 5.32 Å². The molecule has 0 aliphatic rings. The molecule has 0 unspecified atom stereocenters. The first-order valence-electron chi connectivity index (χ1n) is 6.81. The molecule has 19 heavy (non-hydrogen) atoms. The smallest absolute Gasteiger partial charge is 0.123 e. The van der Waals surface area contributed by atoms with Gasteiger partial charge in [-0.05, 0) is 36.6 Å². The standard InChI is InChI=1S/C17H21NO/c1-3-5-14-8-10-16(11-9-14)18-12-15-7-4-6-13(2)17(15)19/h4,6-11,18-19H,3,5,12H2,1-2H3. The van der Waals surface area contributed by atoms with E-state index in [-0.39, 0.29) is 0 Å². The lowest BCUT2D eigenvalue weighted by molar-refractivity contribution is 0.465. The van der Waals surface area contributed by atoms with E-state index >= 15 is 0 Å². The third-order valence-electron chi connectivity index (χ3n) is 3.30. The normalized spacial score (nSPS) is 10.4. The zero-order valence-corrected chi connectivity index (χ0v) is 11.6. The van der Waals surface area contributed by atoms with Crippen molar-refractivity contribution in [3.8, 4) is 5.75 Å².